The van der Waals surface area contributed by atoms with Crippen LogP contribution in [-0.4, -0.2) is 0 Å². The summed E-state index contributed by atoms with van der Waals surface area (Å²) in [5.41, 5.74) is 0. The molecule has 0 aromatic heterocycles. The zero-order valence-electron chi connectivity index (χ0n) is 4.57. The number of halogens is 3. The quantitative estimate of drug-likeness (QED) is 0.301. The van der Waals surface area contributed by atoms with Gasteiger partial charge in [-0.25, -0.2) is 0 Å². The number of rotatable bonds is 0. The Morgan fingerprint density at radius 3 is 1.89 bits per heavy atom. The van der Waals surface area contributed by atoms with Gasteiger partial charge in [-0.15, -0.1) is 0 Å². The van der Waals surface area contributed by atoms with E-state index in [9.17, 15) is 0 Å². The Balaban J connectivity index is -0.000000120. The van der Waals surface area contributed by atoms with Crippen molar-refractivity contribution in [1.29, 1.82) is 0 Å². The van der Waals surface area contributed by atoms with Crippen LogP contribution >= 0.6 is 0 Å². The first-order chi connectivity index (χ1) is 2.89. The van der Waals surface area contributed by atoms with Crippen LogP contribution in [0.4, 0.5) is 0 Å². The minimum atomic E-state index is 0. The molecule has 1 aliphatic rings. The van der Waals surface area contributed by atoms with Gasteiger partial charge in [0.25, 0.3) is 0 Å². The monoisotopic (exact) mass is 482 g/mol. The summed E-state index contributed by atoms with van der Waals surface area (Å²) >= 11 is 1.25. The molecule has 0 aromatic carbocycles. The molecule has 0 N–H and O–H groups in total. The topological polar surface area (TPSA) is 0 Å². The van der Waals surface area contributed by atoms with Gasteiger partial charge in [-0.2, -0.15) is 0 Å². The molecule has 0 fully saturated rings. The van der Waals surface area contributed by atoms with Crippen LogP contribution in [0.5, 0.6) is 0 Å². The van der Waals surface area contributed by atoms with E-state index in [0.29, 0.717) is 0 Å². The normalized spacial score (nSPS) is 12.4. The maximum absolute atomic E-state index is 2.20. The standard InChI is InChI=1S/C5H5.3BrH.Hf/c1-2-4-5-3-1;;;;/h1-3H,4H2;3*1H;/q;;;;+3/p-3. The van der Waals surface area contributed by atoms with E-state index in [1.165, 1.54) is 30.8 Å². The summed E-state index contributed by atoms with van der Waals surface area (Å²) in [6.45, 7) is 0. The maximum atomic E-state index is 2.20. The van der Waals surface area contributed by atoms with Crippen molar-refractivity contribution in [3.8, 4) is 0 Å². The Morgan fingerprint density at radius 1 is 1.22 bits per heavy atom. The van der Waals surface area contributed by atoms with Crippen LogP contribution in [0, 0.1) is 0 Å². The van der Waals surface area contributed by atoms with Crippen molar-refractivity contribution in [2.75, 3.05) is 0 Å². The molecule has 1 rings (SSSR count). The molecule has 4 heteroatoms. The molecule has 0 heterocycles. The predicted molar refractivity (Wildman–Crippen MR) is 21.8 cm³/mol. The van der Waals surface area contributed by atoms with Crippen molar-refractivity contribution in [3.05, 3.63) is 21.6 Å². The summed E-state index contributed by atoms with van der Waals surface area (Å²) in [4.78, 5) is 0. The average molecular weight is 483 g/mol. The summed E-state index contributed by atoms with van der Waals surface area (Å²) in [7, 11) is 0. The molecule has 0 saturated carbocycles. The van der Waals surface area contributed by atoms with E-state index in [-0.39, 0.29) is 50.9 Å². The average Bonchev–Trinajstić information content (AvgIpc) is 1.86. The molecule has 0 aliphatic heterocycles. The van der Waals surface area contributed by atoms with Crippen LogP contribution in [0.2, 0.25) is 0 Å². The van der Waals surface area contributed by atoms with Gasteiger partial charge >= 0.3 is 52.4 Å². The fraction of sp³-hybridized carbons (Fsp3) is 0.200. The van der Waals surface area contributed by atoms with Crippen molar-refractivity contribution in [3.63, 3.8) is 0 Å². The third-order valence-corrected chi connectivity index (χ3v) is 2.10. The summed E-state index contributed by atoms with van der Waals surface area (Å²) in [5, 5.41) is 0. The second-order valence-corrected chi connectivity index (χ2v) is 3.63. The van der Waals surface area contributed by atoms with Gasteiger partial charge in [0.2, 0.25) is 0 Å². The Morgan fingerprint density at radius 2 is 1.78 bits per heavy atom. The molecule has 0 amide bonds. The Hall–Kier alpha value is 1.79. The molecule has 50 valence electrons. The Labute approximate surface area is 102 Å². The molecule has 0 nitrogen and oxygen atoms in total. The van der Waals surface area contributed by atoms with E-state index in [1.54, 1.807) is 3.33 Å². The predicted octanol–water partition coefficient (Wildman–Crippen LogP) is -7.61. The fourth-order valence-corrected chi connectivity index (χ4v) is 1.22. The molecule has 9 heavy (non-hydrogen) atoms. The van der Waals surface area contributed by atoms with Gasteiger partial charge in [-0.3, -0.25) is 0 Å². The van der Waals surface area contributed by atoms with Gasteiger partial charge in [0.15, 0.2) is 0 Å². The van der Waals surface area contributed by atoms with Crippen LogP contribution in [0.3, 0.4) is 0 Å². The summed E-state index contributed by atoms with van der Waals surface area (Å²) in [6, 6.07) is 0. The molecule has 0 unspecified atom stereocenters. The van der Waals surface area contributed by atoms with Crippen molar-refractivity contribution in [2.24, 2.45) is 0 Å². The van der Waals surface area contributed by atoms with E-state index in [1.807, 2.05) is 0 Å². The number of hydrogen-bond donors (Lipinski definition) is 0. The molecule has 0 atom stereocenters. The van der Waals surface area contributed by atoms with Crippen LogP contribution in [0.15, 0.2) is 21.6 Å². The summed E-state index contributed by atoms with van der Waals surface area (Å²) in [6.07, 6.45) is 7.75. The van der Waals surface area contributed by atoms with E-state index < -0.39 is 0 Å². The molecule has 0 radical (unpaired) electrons. The molecule has 1 aliphatic carbocycles. The van der Waals surface area contributed by atoms with Crippen LogP contribution < -0.4 is 50.9 Å². The minimum absolute atomic E-state index is 0. The van der Waals surface area contributed by atoms with E-state index in [2.05, 4.69) is 18.2 Å². The van der Waals surface area contributed by atoms with Crippen molar-refractivity contribution >= 4 is 0 Å². The van der Waals surface area contributed by atoms with Crippen LogP contribution in [0.1, 0.15) is 6.42 Å². The summed E-state index contributed by atoms with van der Waals surface area (Å²) < 4.78 is 1.61. The number of allylic oxidation sites excluding steroid dienone is 4. The molecule has 0 bridgehead atoms. The molecular weight excluding hydrogens is 478 g/mol. The second-order valence-electron chi connectivity index (χ2n) is 1.32. The fourth-order valence-electron chi connectivity index (χ4n) is 0.447. The van der Waals surface area contributed by atoms with Gasteiger partial charge in [-0.1, -0.05) is 0 Å². The van der Waals surface area contributed by atoms with Gasteiger partial charge < -0.3 is 50.9 Å². The number of hydrogen-bond acceptors (Lipinski definition) is 0. The van der Waals surface area contributed by atoms with Gasteiger partial charge in [0.05, 0.1) is 0 Å². The Bertz CT molecular complexity index is 109. The first kappa shape index (κ1) is 17.0. The zero-order chi connectivity index (χ0) is 4.41. The van der Waals surface area contributed by atoms with E-state index in [0.717, 1.165) is 0 Å². The molecule has 0 aromatic rings. The van der Waals surface area contributed by atoms with Gasteiger partial charge in [0.1, 0.15) is 0 Å². The van der Waals surface area contributed by atoms with Crippen LogP contribution in [0.25, 0.3) is 0 Å². The van der Waals surface area contributed by atoms with Crippen molar-refractivity contribution in [1.82, 2.24) is 0 Å². The molecule has 0 saturated heterocycles. The van der Waals surface area contributed by atoms with Crippen molar-refractivity contribution in [2.45, 2.75) is 6.42 Å². The Kier molecular flexibility index (Phi) is 18.5. The third kappa shape index (κ3) is 7.69. The van der Waals surface area contributed by atoms with Crippen LogP contribution in [-0.2, 0) is 24.4 Å². The van der Waals surface area contributed by atoms with Crippen molar-refractivity contribution < 1.29 is 75.3 Å². The van der Waals surface area contributed by atoms with Gasteiger partial charge in [-0.05, 0) is 0 Å². The molecule has 0 spiro atoms. The third-order valence-electron chi connectivity index (χ3n) is 0.771. The van der Waals surface area contributed by atoms with Gasteiger partial charge in [0, 0.05) is 0 Å². The van der Waals surface area contributed by atoms with E-state index >= 15 is 0 Å². The second kappa shape index (κ2) is 9.79. The summed E-state index contributed by atoms with van der Waals surface area (Å²) in [5.74, 6) is 0. The first-order valence-electron chi connectivity index (χ1n) is 1.97. The molecular formula is C5H5Br3Hf. The van der Waals surface area contributed by atoms with E-state index in [4.69, 9.17) is 0 Å². The SMILES string of the molecule is [Br-].[Br-].[Br-].[Hf+3][C]1=CC=CC1. The zero-order valence-corrected chi connectivity index (χ0v) is 12.9. The first-order valence-corrected chi connectivity index (χ1v) is 3.76.